The van der Waals surface area contributed by atoms with E-state index in [0.29, 0.717) is 37.8 Å². The molecule has 4 rings (SSSR count). The average Bonchev–Trinajstić information content (AvgIpc) is 3.37. The molecular weight excluding hydrogens is 380 g/mol. The Morgan fingerprint density at radius 1 is 1.17 bits per heavy atom. The van der Waals surface area contributed by atoms with E-state index in [1.807, 2.05) is 61.5 Å². The first-order valence-corrected chi connectivity index (χ1v) is 10.1. The first kappa shape index (κ1) is 19.8. The van der Waals surface area contributed by atoms with Crippen molar-refractivity contribution in [2.45, 2.75) is 26.3 Å². The fraction of sp³-hybridized carbons (Fsp3) is 0.304. The molecule has 1 aliphatic heterocycles. The number of benzene rings is 2. The molecule has 1 fully saturated rings. The van der Waals surface area contributed by atoms with Crippen LogP contribution in [0.25, 0.3) is 11.4 Å². The third kappa shape index (κ3) is 4.74. The van der Waals surface area contributed by atoms with E-state index in [2.05, 4.69) is 15.5 Å². The number of hydrogen-bond acceptors (Lipinski definition) is 5. The molecule has 1 atom stereocenters. The number of aryl methyl sites for hydroxylation is 1. The lowest BCUT2D eigenvalue weighted by atomic mass is 10.1. The largest absolute Gasteiger partial charge is 0.355 e. The fourth-order valence-electron chi connectivity index (χ4n) is 3.51. The number of carbonyl (C=O) groups excluding carboxylic acids is 2. The molecule has 0 bridgehead atoms. The van der Waals surface area contributed by atoms with Crippen LogP contribution < -0.4 is 5.32 Å². The highest BCUT2D eigenvalue weighted by Crippen LogP contribution is 2.21. The van der Waals surface area contributed by atoms with Crippen LogP contribution in [-0.2, 0) is 22.6 Å². The minimum absolute atomic E-state index is 0.0140. The summed E-state index contributed by atoms with van der Waals surface area (Å²) in [5, 5.41) is 6.87. The van der Waals surface area contributed by atoms with Gasteiger partial charge in [0.05, 0.1) is 5.92 Å². The summed E-state index contributed by atoms with van der Waals surface area (Å²) in [5.74, 6) is 0.575. The summed E-state index contributed by atoms with van der Waals surface area (Å²) in [6, 6.07) is 17.7. The lowest BCUT2D eigenvalue weighted by molar-refractivity contribution is -0.129. The second-order valence-electron chi connectivity index (χ2n) is 7.58. The van der Waals surface area contributed by atoms with E-state index in [1.54, 1.807) is 4.90 Å². The van der Waals surface area contributed by atoms with Gasteiger partial charge < -0.3 is 14.7 Å². The van der Waals surface area contributed by atoms with E-state index in [-0.39, 0.29) is 24.2 Å². The van der Waals surface area contributed by atoms with Crippen LogP contribution in [0.1, 0.15) is 23.4 Å². The number of rotatable bonds is 7. The number of aromatic nitrogens is 2. The molecule has 1 N–H and O–H groups in total. The molecule has 7 heteroatoms. The van der Waals surface area contributed by atoms with Gasteiger partial charge in [-0.1, -0.05) is 65.3 Å². The summed E-state index contributed by atoms with van der Waals surface area (Å²) >= 11 is 0. The van der Waals surface area contributed by atoms with Crippen molar-refractivity contribution in [1.82, 2.24) is 20.4 Å². The second kappa shape index (κ2) is 8.90. The van der Waals surface area contributed by atoms with Crippen molar-refractivity contribution in [1.29, 1.82) is 0 Å². The van der Waals surface area contributed by atoms with Gasteiger partial charge in [-0.05, 0) is 12.5 Å². The topological polar surface area (TPSA) is 88.3 Å². The highest BCUT2D eigenvalue weighted by Gasteiger charge is 2.34. The van der Waals surface area contributed by atoms with Crippen molar-refractivity contribution in [3.63, 3.8) is 0 Å². The van der Waals surface area contributed by atoms with E-state index < -0.39 is 0 Å². The van der Waals surface area contributed by atoms with Gasteiger partial charge in [-0.3, -0.25) is 9.59 Å². The maximum absolute atomic E-state index is 12.5. The van der Waals surface area contributed by atoms with Gasteiger partial charge >= 0.3 is 0 Å². The zero-order valence-corrected chi connectivity index (χ0v) is 16.9. The molecule has 0 saturated carbocycles. The molecule has 2 heterocycles. The molecule has 7 nitrogen and oxygen atoms in total. The van der Waals surface area contributed by atoms with Gasteiger partial charge in [-0.2, -0.15) is 4.98 Å². The van der Waals surface area contributed by atoms with Gasteiger partial charge in [0.1, 0.15) is 0 Å². The monoisotopic (exact) mass is 404 g/mol. The van der Waals surface area contributed by atoms with Gasteiger partial charge in [-0.25, -0.2) is 0 Å². The predicted molar refractivity (Wildman–Crippen MR) is 111 cm³/mol. The van der Waals surface area contributed by atoms with Gasteiger partial charge in [-0.15, -0.1) is 0 Å². The summed E-state index contributed by atoms with van der Waals surface area (Å²) in [6.07, 6.45) is 0.690. The third-order valence-corrected chi connectivity index (χ3v) is 5.22. The van der Waals surface area contributed by atoms with E-state index in [9.17, 15) is 9.59 Å². The first-order chi connectivity index (χ1) is 14.6. The summed E-state index contributed by atoms with van der Waals surface area (Å²) in [7, 11) is 0. The molecule has 3 aromatic rings. The molecule has 2 aromatic carbocycles. The van der Waals surface area contributed by atoms with Crippen molar-refractivity contribution in [2.75, 3.05) is 13.1 Å². The van der Waals surface area contributed by atoms with E-state index in [1.165, 1.54) is 5.56 Å². The van der Waals surface area contributed by atoms with Gasteiger partial charge in [0.25, 0.3) is 0 Å². The maximum Gasteiger partial charge on any atom is 0.228 e. The van der Waals surface area contributed by atoms with Crippen LogP contribution in [0.15, 0.2) is 59.1 Å². The molecule has 1 aromatic heterocycles. The summed E-state index contributed by atoms with van der Waals surface area (Å²) < 4.78 is 5.26. The Bertz CT molecular complexity index is 1010. The molecule has 30 heavy (non-hydrogen) atoms. The lowest BCUT2D eigenvalue weighted by Gasteiger charge is -2.16. The van der Waals surface area contributed by atoms with Crippen LogP contribution in [0, 0.1) is 12.8 Å². The highest BCUT2D eigenvalue weighted by molar-refractivity contribution is 5.89. The Kier molecular flexibility index (Phi) is 5.88. The molecule has 1 aliphatic rings. The zero-order chi connectivity index (χ0) is 20.9. The van der Waals surface area contributed by atoms with Gasteiger partial charge in [0.2, 0.25) is 23.5 Å². The molecule has 1 saturated heterocycles. The minimum Gasteiger partial charge on any atom is -0.355 e. The Hall–Kier alpha value is -3.48. The van der Waals surface area contributed by atoms with Crippen molar-refractivity contribution in [3.05, 3.63) is 71.6 Å². The normalized spacial score (nSPS) is 16.1. The molecule has 0 aliphatic carbocycles. The Balaban J connectivity index is 1.25. The Morgan fingerprint density at radius 3 is 2.70 bits per heavy atom. The molecule has 0 spiro atoms. The molecule has 0 radical (unpaired) electrons. The number of carbonyl (C=O) groups is 2. The second-order valence-corrected chi connectivity index (χ2v) is 7.58. The average molecular weight is 404 g/mol. The standard InChI is InChI=1S/C23H24N4O3/c1-16-7-9-17(10-8-16)14-27-15-19(13-21(27)28)23(29)24-12-11-20-25-22(26-30-20)18-5-3-2-4-6-18/h2-10,19H,11-15H2,1H3,(H,24,29). The number of nitrogens with one attached hydrogen (secondary N) is 1. The minimum atomic E-state index is -0.328. The number of hydrogen-bond donors (Lipinski definition) is 1. The fourth-order valence-corrected chi connectivity index (χ4v) is 3.51. The van der Waals surface area contributed by atoms with Gasteiger partial charge in [0.15, 0.2) is 0 Å². The van der Waals surface area contributed by atoms with Crippen LogP contribution in [-0.4, -0.2) is 39.9 Å². The summed E-state index contributed by atoms with van der Waals surface area (Å²) in [5.41, 5.74) is 3.14. The molecule has 2 amide bonds. The predicted octanol–water partition coefficient (Wildman–Crippen LogP) is 2.75. The Morgan fingerprint density at radius 2 is 1.93 bits per heavy atom. The Labute approximate surface area is 175 Å². The van der Waals surface area contributed by atoms with E-state index >= 15 is 0 Å². The number of likely N-dealkylation sites (tertiary alicyclic amines) is 1. The quantitative estimate of drug-likeness (QED) is 0.654. The van der Waals surface area contributed by atoms with Crippen molar-refractivity contribution in [3.8, 4) is 11.4 Å². The SMILES string of the molecule is Cc1ccc(CN2CC(C(=O)NCCc3nc(-c4ccccc4)no3)CC2=O)cc1. The van der Waals surface area contributed by atoms with E-state index in [4.69, 9.17) is 4.52 Å². The smallest absolute Gasteiger partial charge is 0.228 e. The first-order valence-electron chi connectivity index (χ1n) is 10.1. The van der Waals surface area contributed by atoms with Crippen molar-refractivity contribution < 1.29 is 14.1 Å². The molecule has 1 unspecified atom stereocenters. The summed E-state index contributed by atoms with van der Waals surface area (Å²) in [4.78, 5) is 30.9. The summed E-state index contributed by atoms with van der Waals surface area (Å²) in [6.45, 7) is 3.39. The zero-order valence-electron chi connectivity index (χ0n) is 16.9. The molecular formula is C23H24N4O3. The van der Waals surface area contributed by atoms with Crippen LogP contribution in [0.3, 0.4) is 0 Å². The van der Waals surface area contributed by atoms with Crippen molar-refractivity contribution in [2.24, 2.45) is 5.92 Å². The number of nitrogens with zero attached hydrogens (tertiary/aromatic N) is 3. The highest BCUT2D eigenvalue weighted by atomic mass is 16.5. The van der Waals surface area contributed by atoms with Crippen LogP contribution in [0.5, 0.6) is 0 Å². The lowest BCUT2D eigenvalue weighted by Crippen LogP contribution is -2.34. The van der Waals surface area contributed by atoms with Crippen molar-refractivity contribution >= 4 is 11.8 Å². The van der Waals surface area contributed by atoms with Gasteiger partial charge in [0, 0.05) is 38.0 Å². The number of amides is 2. The van der Waals surface area contributed by atoms with E-state index in [0.717, 1.165) is 11.1 Å². The van der Waals surface area contributed by atoms with Crippen LogP contribution >= 0.6 is 0 Å². The molecule has 154 valence electrons. The third-order valence-electron chi connectivity index (χ3n) is 5.22. The van der Waals surface area contributed by atoms with Crippen LogP contribution in [0.4, 0.5) is 0 Å². The van der Waals surface area contributed by atoms with Crippen LogP contribution in [0.2, 0.25) is 0 Å². The maximum atomic E-state index is 12.5.